The summed E-state index contributed by atoms with van der Waals surface area (Å²) in [5.41, 5.74) is 2.35. The molecule has 0 spiro atoms. The van der Waals surface area contributed by atoms with E-state index in [9.17, 15) is 8.78 Å². The number of hydrogen-bond acceptors (Lipinski definition) is 1. The highest BCUT2D eigenvalue weighted by Gasteiger charge is 2.28. The predicted octanol–water partition coefficient (Wildman–Crippen LogP) is 5.28. The van der Waals surface area contributed by atoms with Gasteiger partial charge in [-0.15, -0.1) is 0 Å². The normalized spacial score (nSPS) is 29.3. The predicted molar refractivity (Wildman–Crippen MR) is 83.9 cm³/mol. The molecule has 2 aliphatic rings. The highest BCUT2D eigenvalue weighted by atomic mass is 19.2. The molecule has 0 saturated heterocycles. The van der Waals surface area contributed by atoms with Crippen molar-refractivity contribution in [1.29, 1.82) is 0 Å². The third-order valence-electron chi connectivity index (χ3n) is 5.24. The molecular formula is C19H24F2O. The Labute approximate surface area is 131 Å². The van der Waals surface area contributed by atoms with E-state index in [1.165, 1.54) is 5.57 Å². The third-order valence-corrected chi connectivity index (χ3v) is 5.24. The van der Waals surface area contributed by atoms with Crippen LogP contribution in [-0.4, -0.2) is 12.7 Å². The molecule has 0 amide bonds. The maximum Gasteiger partial charge on any atom is 0.162 e. The third kappa shape index (κ3) is 3.10. The molecule has 120 valence electrons. The highest BCUT2D eigenvalue weighted by molar-refractivity contribution is 5.29. The van der Waals surface area contributed by atoms with Crippen LogP contribution in [0.3, 0.4) is 0 Å². The van der Waals surface area contributed by atoms with Gasteiger partial charge in [0, 0.05) is 0 Å². The van der Waals surface area contributed by atoms with E-state index in [1.54, 1.807) is 19.1 Å². The first kappa shape index (κ1) is 15.7. The van der Waals surface area contributed by atoms with Crippen LogP contribution in [-0.2, 0) is 4.74 Å². The Hall–Kier alpha value is -1.22. The number of hydrogen-bond donors (Lipinski definition) is 0. The number of ether oxygens (including phenoxy) is 1. The minimum absolute atomic E-state index is 0.149. The molecule has 22 heavy (non-hydrogen) atoms. The van der Waals surface area contributed by atoms with Gasteiger partial charge >= 0.3 is 0 Å². The summed E-state index contributed by atoms with van der Waals surface area (Å²) in [5.74, 6) is -0.619. The first-order valence-corrected chi connectivity index (χ1v) is 8.31. The molecule has 1 atom stereocenters. The summed E-state index contributed by atoms with van der Waals surface area (Å²) in [6.45, 7) is 4.44. The van der Waals surface area contributed by atoms with Gasteiger partial charge in [0.15, 0.2) is 11.6 Å². The van der Waals surface area contributed by atoms with E-state index in [2.05, 4.69) is 13.0 Å². The fourth-order valence-corrected chi connectivity index (χ4v) is 3.72. The molecule has 1 aliphatic heterocycles. The van der Waals surface area contributed by atoms with Crippen LogP contribution in [0.25, 0.3) is 0 Å². The second kappa shape index (κ2) is 6.49. The smallest absolute Gasteiger partial charge is 0.162 e. The molecule has 1 heterocycles. The Bertz CT molecular complexity index is 571. The minimum Gasteiger partial charge on any atom is -0.374 e. The SMILES string of the molecule is Cc1ccc(C2CCC(C3=CCC(C)OC3)CC2)c(F)c1F. The van der Waals surface area contributed by atoms with Crippen molar-refractivity contribution in [3.63, 3.8) is 0 Å². The molecule has 3 rings (SSSR count). The van der Waals surface area contributed by atoms with E-state index >= 15 is 0 Å². The van der Waals surface area contributed by atoms with Gasteiger partial charge in [-0.3, -0.25) is 0 Å². The zero-order chi connectivity index (χ0) is 15.7. The lowest BCUT2D eigenvalue weighted by atomic mass is 9.75. The lowest BCUT2D eigenvalue weighted by Gasteiger charge is -2.32. The Morgan fingerprint density at radius 3 is 2.32 bits per heavy atom. The van der Waals surface area contributed by atoms with Crippen LogP contribution in [0.15, 0.2) is 23.8 Å². The van der Waals surface area contributed by atoms with E-state index in [-0.39, 0.29) is 5.92 Å². The van der Waals surface area contributed by atoms with Gasteiger partial charge in [0.05, 0.1) is 12.7 Å². The molecule has 1 unspecified atom stereocenters. The Kier molecular flexibility index (Phi) is 4.62. The van der Waals surface area contributed by atoms with Crippen molar-refractivity contribution >= 4 is 0 Å². The van der Waals surface area contributed by atoms with Crippen LogP contribution in [0.4, 0.5) is 8.78 Å². The fraction of sp³-hybridized carbons (Fsp3) is 0.579. The molecule has 0 N–H and O–H groups in total. The van der Waals surface area contributed by atoms with E-state index in [0.29, 0.717) is 23.1 Å². The number of rotatable bonds is 2. The molecule has 1 saturated carbocycles. The van der Waals surface area contributed by atoms with Crippen molar-refractivity contribution in [2.75, 3.05) is 6.61 Å². The first-order chi connectivity index (χ1) is 10.6. The van der Waals surface area contributed by atoms with E-state index in [4.69, 9.17) is 4.74 Å². The fourth-order valence-electron chi connectivity index (χ4n) is 3.72. The first-order valence-electron chi connectivity index (χ1n) is 8.31. The summed E-state index contributed by atoms with van der Waals surface area (Å²) < 4.78 is 33.6. The second-order valence-electron chi connectivity index (χ2n) is 6.78. The molecular weight excluding hydrogens is 282 g/mol. The monoisotopic (exact) mass is 306 g/mol. The quantitative estimate of drug-likeness (QED) is 0.675. The highest BCUT2D eigenvalue weighted by Crippen LogP contribution is 2.40. The van der Waals surface area contributed by atoms with Crippen molar-refractivity contribution in [3.05, 3.63) is 46.5 Å². The minimum atomic E-state index is -0.683. The van der Waals surface area contributed by atoms with Crippen LogP contribution in [0.5, 0.6) is 0 Å². The average molecular weight is 306 g/mol. The van der Waals surface area contributed by atoms with Gasteiger partial charge in [-0.1, -0.05) is 18.2 Å². The van der Waals surface area contributed by atoms with Gasteiger partial charge < -0.3 is 4.74 Å². The summed E-state index contributed by atoms with van der Waals surface area (Å²) >= 11 is 0. The summed E-state index contributed by atoms with van der Waals surface area (Å²) in [6, 6.07) is 3.46. The van der Waals surface area contributed by atoms with Crippen molar-refractivity contribution < 1.29 is 13.5 Å². The lowest BCUT2D eigenvalue weighted by molar-refractivity contribution is 0.0678. The van der Waals surface area contributed by atoms with Crippen LogP contribution in [0.1, 0.15) is 56.1 Å². The zero-order valence-electron chi connectivity index (χ0n) is 13.4. The summed E-state index contributed by atoms with van der Waals surface area (Å²) in [6.07, 6.45) is 7.59. The molecule has 0 bridgehead atoms. The zero-order valence-corrected chi connectivity index (χ0v) is 13.4. The molecule has 3 heteroatoms. The van der Waals surface area contributed by atoms with Gasteiger partial charge in [-0.25, -0.2) is 8.78 Å². The lowest BCUT2D eigenvalue weighted by Crippen LogP contribution is -2.23. The molecule has 0 aromatic heterocycles. The summed E-state index contributed by atoms with van der Waals surface area (Å²) in [7, 11) is 0. The maximum atomic E-state index is 14.1. The summed E-state index contributed by atoms with van der Waals surface area (Å²) in [5, 5.41) is 0. The van der Waals surface area contributed by atoms with Crippen LogP contribution in [0.2, 0.25) is 0 Å². The van der Waals surface area contributed by atoms with Crippen molar-refractivity contribution in [3.8, 4) is 0 Å². The Morgan fingerprint density at radius 2 is 1.68 bits per heavy atom. The number of aryl methyl sites for hydroxylation is 1. The number of benzene rings is 1. The van der Waals surface area contributed by atoms with Crippen molar-refractivity contribution in [2.24, 2.45) is 5.92 Å². The summed E-state index contributed by atoms with van der Waals surface area (Å²) in [4.78, 5) is 0. The van der Waals surface area contributed by atoms with Gasteiger partial charge in [0.25, 0.3) is 0 Å². The van der Waals surface area contributed by atoms with Gasteiger partial charge in [-0.2, -0.15) is 0 Å². The van der Waals surface area contributed by atoms with E-state index in [1.807, 2.05) is 0 Å². The van der Waals surface area contributed by atoms with Crippen molar-refractivity contribution in [1.82, 2.24) is 0 Å². The van der Waals surface area contributed by atoms with Gasteiger partial charge in [0.2, 0.25) is 0 Å². The molecule has 1 aliphatic carbocycles. The average Bonchev–Trinajstić information content (AvgIpc) is 2.54. The Balaban J connectivity index is 1.66. The van der Waals surface area contributed by atoms with Gasteiger partial charge in [0.1, 0.15) is 0 Å². The van der Waals surface area contributed by atoms with Crippen LogP contribution < -0.4 is 0 Å². The topological polar surface area (TPSA) is 9.23 Å². The molecule has 1 aromatic rings. The van der Waals surface area contributed by atoms with E-state index < -0.39 is 11.6 Å². The van der Waals surface area contributed by atoms with Crippen LogP contribution in [0, 0.1) is 24.5 Å². The standard InChI is InChI=1S/C19H24F2O/c1-12-3-10-17(19(21)18(12)20)15-8-6-14(7-9-15)16-5-4-13(2)22-11-16/h3,5,10,13-15H,4,6-9,11H2,1-2H3. The molecule has 1 aromatic carbocycles. The molecule has 1 nitrogen and oxygen atoms in total. The maximum absolute atomic E-state index is 14.1. The Morgan fingerprint density at radius 1 is 1.00 bits per heavy atom. The van der Waals surface area contributed by atoms with Gasteiger partial charge in [-0.05, 0) is 74.5 Å². The largest absolute Gasteiger partial charge is 0.374 e. The number of halogens is 2. The van der Waals surface area contributed by atoms with Crippen molar-refractivity contribution in [2.45, 2.75) is 58.0 Å². The van der Waals surface area contributed by atoms with Crippen LogP contribution >= 0.6 is 0 Å². The molecule has 1 fully saturated rings. The molecule has 0 radical (unpaired) electrons. The second-order valence-corrected chi connectivity index (χ2v) is 6.78. The van der Waals surface area contributed by atoms with E-state index in [0.717, 1.165) is 38.7 Å².